The number of benzene rings is 1. The van der Waals surface area contributed by atoms with E-state index in [4.69, 9.17) is 20.5 Å². The van der Waals surface area contributed by atoms with E-state index in [1.54, 1.807) is 14.2 Å². The van der Waals surface area contributed by atoms with Crippen LogP contribution in [0.3, 0.4) is 0 Å². The molecule has 90 valence electrons. The summed E-state index contributed by atoms with van der Waals surface area (Å²) in [5.74, 6) is 0.569. The smallest absolute Gasteiger partial charge is 0.339 e. The number of rotatable bonds is 6. The summed E-state index contributed by atoms with van der Waals surface area (Å²) in [6.45, 7) is 2.06. The van der Waals surface area contributed by atoms with Crippen molar-refractivity contribution in [2.75, 3.05) is 20.1 Å². The van der Waals surface area contributed by atoms with Crippen molar-refractivity contribution in [1.82, 2.24) is 0 Å². The van der Waals surface area contributed by atoms with Gasteiger partial charge in [0.1, 0.15) is 0 Å². The van der Waals surface area contributed by atoms with Gasteiger partial charge in [-0.1, -0.05) is 30.3 Å². The molecule has 0 saturated carbocycles. The predicted molar refractivity (Wildman–Crippen MR) is 70.3 cm³/mol. The summed E-state index contributed by atoms with van der Waals surface area (Å²) in [7, 11) is 1.28. The highest BCUT2D eigenvalue weighted by Crippen LogP contribution is 2.28. The van der Waals surface area contributed by atoms with E-state index in [2.05, 4.69) is 18.7 Å². The zero-order valence-electron chi connectivity index (χ0n) is 10.1. The summed E-state index contributed by atoms with van der Waals surface area (Å²) in [4.78, 5) is 0. The van der Waals surface area contributed by atoms with Crippen LogP contribution in [-0.4, -0.2) is 28.7 Å². The van der Waals surface area contributed by atoms with Crippen molar-refractivity contribution in [3.8, 4) is 0 Å². The van der Waals surface area contributed by atoms with Gasteiger partial charge in [-0.3, -0.25) is 0 Å². The van der Waals surface area contributed by atoms with Crippen LogP contribution in [-0.2, 0) is 15.3 Å². The van der Waals surface area contributed by atoms with Gasteiger partial charge in [0.2, 0.25) is 0 Å². The minimum atomic E-state index is -2.14. The Hall–Kier alpha value is -0.353. The summed E-state index contributed by atoms with van der Waals surface area (Å²) < 4.78 is 11.1. The Bertz CT molecular complexity index is 301. The highest BCUT2D eigenvalue weighted by Gasteiger charge is 2.38. The first-order chi connectivity index (χ1) is 7.66. The summed E-state index contributed by atoms with van der Waals surface area (Å²) >= 11 is 6.03. The van der Waals surface area contributed by atoms with Gasteiger partial charge in [0.25, 0.3) is 0 Å². The van der Waals surface area contributed by atoms with Gasteiger partial charge < -0.3 is 8.85 Å². The molecule has 4 heteroatoms. The quantitative estimate of drug-likeness (QED) is 0.576. The molecule has 16 heavy (non-hydrogen) atoms. The van der Waals surface area contributed by atoms with E-state index in [0.717, 1.165) is 6.42 Å². The molecule has 0 aliphatic heterocycles. The van der Waals surface area contributed by atoms with Crippen molar-refractivity contribution in [3.05, 3.63) is 35.9 Å². The third-order valence-electron chi connectivity index (χ3n) is 3.06. The van der Waals surface area contributed by atoms with Crippen molar-refractivity contribution >= 4 is 20.2 Å². The maximum atomic E-state index is 6.03. The molecule has 0 aromatic heterocycles. The van der Waals surface area contributed by atoms with Crippen LogP contribution >= 0.6 is 11.6 Å². The molecule has 0 unspecified atom stereocenters. The van der Waals surface area contributed by atoms with Crippen LogP contribution in [0.4, 0.5) is 0 Å². The maximum absolute atomic E-state index is 6.03. The van der Waals surface area contributed by atoms with Gasteiger partial charge in [0.15, 0.2) is 0 Å². The summed E-state index contributed by atoms with van der Waals surface area (Å²) in [5.41, 5.74) is 1.55. The molecule has 1 aromatic carbocycles. The first-order valence-corrected chi connectivity index (χ1v) is 8.29. The lowest BCUT2D eigenvalue weighted by atomic mass is 10.1. The topological polar surface area (TPSA) is 18.5 Å². The highest BCUT2D eigenvalue weighted by molar-refractivity contribution is 6.68. The Morgan fingerprint density at radius 1 is 1.19 bits per heavy atom. The van der Waals surface area contributed by atoms with Crippen LogP contribution in [0, 0.1) is 0 Å². The molecule has 0 aliphatic carbocycles. The fourth-order valence-corrected chi connectivity index (χ4v) is 4.37. The molecule has 0 saturated heterocycles. The minimum Gasteiger partial charge on any atom is -0.398 e. The summed E-state index contributed by atoms with van der Waals surface area (Å²) in [6, 6.07) is 10.3. The monoisotopic (exact) mass is 258 g/mol. The van der Waals surface area contributed by atoms with E-state index in [1.165, 1.54) is 5.56 Å². The number of alkyl halides is 1. The van der Waals surface area contributed by atoms with E-state index >= 15 is 0 Å². The normalized spacial score (nSPS) is 13.8. The Kier molecular flexibility index (Phi) is 5.48. The Labute approximate surface area is 104 Å². The van der Waals surface area contributed by atoms with E-state index in [9.17, 15) is 0 Å². The van der Waals surface area contributed by atoms with Crippen LogP contribution in [0.5, 0.6) is 0 Å². The molecule has 0 heterocycles. The van der Waals surface area contributed by atoms with Gasteiger partial charge in [-0.05, 0) is 18.5 Å². The summed E-state index contributed by atoms with van der Waals surface area (Å²) in [5, 5.41) is 0. The Morgan fingerprint density at radius 2 is 1.75 bits per heavy atom. The van der Waals surface area contributed by atoms with Gasteiger partial charge in [-0.15, -0.1) is 11.6 Å². The molecule has 1 aromatic rings. The van der Waals surface area contributed by atoms with Gasteiger partial charge >= 0.3 is 8.56 Å². The lowest BCUT2D eigenvalue weighted by Crippen LogP contribution is -2.43. The molecular formula is C12H19ClO2Si. The van der Waals surface area contributed by atoms with Gasteiger partial charge in [0.05, 0.1) is 0 Å². The molecule has 2 nitrogen and oxygen atoms in total. The number of hydrogen-bond acceptors (Lipinski definition) is 2. The average molecular weight is 259 g/mol. The van der Waals surface area contributed by atoms with Crippen molar-refractivity contribution < 1.29 is 8.85 Å². The lowest BCUT2D eigenvalue weighted by molar-refractivity contribution is 0.238. The summed E-state index contributed by atoms with van der Waals surface area (Å²) in [6.07, 6.45) is 0.911. The first kappa shape index (κ1) is 13.7. The molecular weight excluding hydrogens is 240 g/mol. The molecule has 0 fully saturated rings. The SMILES string of the molecule is CO[Si](C)(OC)[C@H](CCl)Cc1ccccc1. The van der Waals surface area contributed by atoms with E-state index < -0.39 is 8.56 Å². The van der Waals surface area contributed by atoms with Crippen molar-refractivity contribution in [1.29, 1.82) is 0 Å². The van der Waals surface area contributed by atoms with Crippen molar-refractivity contribution in [2.24, 2.45) is 0 Å². The van der Waals surface area contributed by atoms with Crippen molar-refractivity contribution in [3.63, 3.8) is 0 Å². The number of hydrogen-bond donors (Lipinski definition) is 0. The third-order valence-corrected chi connectivity index (χ3v) is 7.21. The van der Waals surface area contributed by atoms with Gasteiger partial charge in [-0.25, -0.2) is 0 Å². The van der Waals surface area contributed by atoms with Gasteiger partial charge in [-0.2, -0.15) is 0 Å². The van der Waals surface area contributed by atoms with Crippen LogP contribution in [0.2, 0.25) is 12.1 Å². The van der Waals surface area contributed by atoms with E-state index in [1.807, 2.05) is 18.2 Å². The molecule has 0 N–H and O–H groups in total. The van der Waals surface area contributed by atoms with Crippen LogP contribution in [0.1, 0.15) is 5.56 Å². The van der Waals surface area contributed by atoms with Crippen LogP contribution in [0.15, 0.2) is 30.3 Å². The average Bonchev–Trinajstić information content (AvgIpc) is 2.36. The van der Waals surface area contributed by atoms with E-state index in [-0.39, 0.29) is 5.54 Å². The fourth-order valence-electron chi connectivity index (χ4n) is 1.70. The molecule has 0 aliphatic rings. The Morgan fingerprint density at radius 3 is 2.19 bits per heavy atom. The standard InChI is InChI=1S/C12H19ClO2Si/c1-14-16(3,15-2)12(10-13)9-11-7-5-4-6-8-11/h4-8,12H,9-10H2,1-3H3/t12-/m0/s1. The zero-order chi connectivity index (χ0) is 12.0. The molecule has 1 rings (SSSR count). The lowest BCUT2D eigenvalue weighted by Gasteiger charge is -2.30. The highest BCUT2D eigenvalue weighted by atomic mass is 35.5. The second kappa shape index (κ2) is 6.40. The fraction of sp³-hybridized carbons (Fsp3) is 0.500. The molecule has 0 radical (unpaired) electrons. The minimum absolute atomic E-state index is 0.270. The van der Waals surface area contributed by atoms with Gasteiger partial charge in [0, 0.05) is 25.6 Å². The second-order valence-corrected chi connectivity index (χ2v) is 7.94. The zero-order valence-corrected chi connectivity index (χ0v) is 11.8. The van der Waals surface area contributed by atoms with E-state index in [0.29, 0.717) is 5.88 Å². The largest absolute Gasteiger partial charge is 0.398 e. The maximum Gasteiger partial charge on any atom is 0.339 e. The van der Waals surface area contributed by atoms with Crippen molar-refractivity contribution in [2.45, 2.75) is 18.5 Å². The van der Waals surface area contributed by atoms with Crippen LogP contribution in [0.25, 0.3) is 0 Å². The third kappa shape index (κ3) is 3.32. The molecule has 0 amide bonds. The molecule has 0 bridgehead atoms. The predicted octanol–water partition coefficient (Wildman–Crippen LogP) is 3.20. The molecule has 0 spiro atoms. The Balaban J connectivity index is 2.76. The first-order valence-electron chi connectivity index (χ1n) is 5.36. The molecule has 1 atom stereocenters. The van der Waals surface area contributed by atoms with Crippen LogP contribution < -0.4 is 0 Å². The number of halogens is 1. The second-order valence-electron chi connectivity index (χ2n) is 3.97.